The van der Waals surface area contributed by atoms with Crippen molar-refractivity contribution in [1.82, 2.24) is 0 Å². The van der Waals surface area contributed by atoms with Crippen molar-refractivity contribution in [2.24, 2.45) is 0 Å². The van der Waals surface area contributed by atoms with Crippen LogP contribution in [0.15, 0.2) is 36.4 Å². The van der Waals surface area contributed by atoms with Crippen molar-refractivity contribution in [1.29, 1.82) is 0 Å². The molecule has 0 heterocycles. The molecule has 1 N–H and O–H groups in total. The third-order valence-corrected chi connectivity index (χ3v) is 3.24. The van der Waals surface area contributed by atoms with E-state index in [1.807, 2.05) is 26.0 Å². The van der Waals surface area contributed by atoms with Gasteiger partial charge in [-0.1, -0.05) is 38.1 Å². The highest BCUT2D eigenvalue weighted by Gasteiger charge is 2.19. The molecule has 2 rings (SSSR count). The highest BCUT2D eigenvalue weighted by molar-refractivity contribution is 5.89. The molecule has 90 valence electrons. The summed E-state index contributed by atoms with van der Waals surface area (Å²) in [6.45, 7) is 4.20. The summed E-state index contributed by atoms with van der Waals surface area (Å²) < 4.78 is 5.37. The van der Waals surface area contributed by atoms with E-state index in [-0.39, 0.29) is 12.0 Å². The lowest BCUT2D eigenvalue weighted by atomic mass is 9.84. The molecule has 2 nitrogen and oxygen atoms in total. The molecule has 0 bridgehead atoms. The normalized spacial score (nSPS) is 11.8. The van der Waals surface area contributed by atoms with Crippen LogP contribution in [0.2, 0.25) is 0 Å². The van der Waals surface area contributed by atoms with Crippen LogP contribution >= 0.6 is 0 Å². The summed E-state index contributed by atoms with van der Waals surface area (Å²) in [5.41, 5.74) is 0.895. The third kappa shape index (κ3) is 2.13. The molecule has 17 heavy (non-hydrogen) atoms. The Morgan fingerprint density at radius 2 is 1.94 bits per heavy atom. The number of methoxy groups -OCH3 is 1. The average molecular weight is 230 g/mol. The first kappa shape index (κ1) is 11.9. The molecule has 0 radical (unpaired) electrons. The zero-order valence-corrected chi connectivity index (χ0v) is 10.5. The number of aliphatic hydroxyl groups excluding tert-OH is 1. The minimum Gasteiger partial charge on any atom is -0.496 e. The molecule has 0 atom stereocenters. The topological polar surface area (TPSA) is 29.5 Å². The molecule has 0 aliphatic heterocycles. The molecular formula is C15H18O2. The number of benzene rings is 2. The van der Waals surface area contributed by atoms with E-state index in [4.69, 9.17) is 4.74 Å². The van der Waals surface area contributed by atoms with E-state index in [2.05, 4.69) is 24.3 Å². The summed E-state index contributed by atoms with van der Waals surface area (Å²) >= 11 is 0. The summed E-state index contributed by atoms with van der Waals surface area (Å²) in [7, 11) is 1.68. The molecule has 0 aliphatic carbocycles. The van der Waals surface area contributed by atoms with E-state index in [0.717, 1.165) is 22.1 Å². The fourth-order valence-corrected chi connectivity index (χ4v) is 1.93. The van der Waals surface area contributed by atoms with E-state index >= 15 is 0 Å². The highest BCUT2D eigenvalue weighted by atomic mass is 16.5. The van der Waals surface area contributed by atoms with Gasteiger partial charge >= 0.3 is 0 Å². The van der Waals surface area contributed by atoms with Crippen LogP contribution in [0.5, 0.6) is 5.75 Å². The Hall–Kier alpha value is -1.54. The second kappa shape index (κ2) is 4.38. The zero-order chi connectivity index (χ0) is 12.5. The summed E-state index contributed by atoms with van der Waals surface area (Å²) in [6, 6.07) is 12.2. The van der Waals surface area contributed by atoms with E-state index < -0.39 is 0 Å². The Bertz CT molecular complexity index is 529. The number of ether oxygens (including phenoxy) is 1. The van der Waals surface area contributed by atoms with Crippen molar-refractivity contribution in [2.45, 2.75) is 19.3 Å². The Balaban J connectivity index is 2.64. The second-order valence-electron chi connectivity index (χ2n) is 4.94. The van der Waals surface area contributed by atoms with Crippen molar-refractivity contribution in [3.05, 3.63) is 42.0 Å². The predicted octanol–water partition coefficient (Wildman–Crippen LogP) is 3.12. The van der Waals surface area contributed by atoms with Gasteiger partial charge in [-0.2, -0.15) is 0 Å². The van der Waals surface area contributed by atoms with Crippen LogP contribution in [0.3, 0.4) is 0 Å². The largest absolute Gasteiger partial charge is 0.496 e. The van der Waals surface area contributed by atoms with Crippen molar-refractivity contribution >= 4 is 10.8 Å². The van der Waals surface area contributed by atoms with Crippen LogP contribution < -0.4 is 4.74 Å². The Morgan fingerprint density at radius 1 is 1.18 bits per heavy atom. The smallest absolute Gasteiger partial charge is 0.126 e. The molecule has 0 unspecified atom stereocenters. The zero-order valence-electron chi connectivity index (χ0n) is 10.5. The summed E-state index contributed by atoms with van der Waals surface area (Å²) in [5.74, 6) is 0.873. The first-order valence-electron chi connectivity index (χ1n) is 5.76. The fourth-order valence-electron chi connectivity index (χ4n) is 1.93. The number of hydrogen-bond donors (Lipinski definition) is 1. The minimum atomic E-state index is -0.227. The molecule has 0 aliphatic rings. The number of fused-ring (bicyclic) bond motifs is 1. The van der Waals surface area contributed by atoms with Gasteiger partial charge in [0.25, 0.3) is 0 Å². The van der Waals surface area contributed by atoms with Gasteiger partial charge in [0.05, 0.1) is 13.7 Å². The van der Waals surface area contributed by atoms with Gasteiger partial charge in [-0.3, -0.25) is 0 Å². The first-order valence-corrected chi connectivity index (χ1v) is 5.76. The van der Waals surface area contributed by atoms with Crippen LogP contribution in [0.1, 0.15) is 19.4 Å². The highest BCUT2D eigenvalue weighted by Crippen LogP contribution is 2.30. The maximum Gasteiger partial charge on any atom is 0.126 e. The van der Waals surface area contributed by atoms with Crippen molar-refractivity contribution < 1.29 is 9.84 Å². The van der Waals surface area contributed by atoms with E-state index in [0.29, 0.717) is 0 Å². The van der Waals surface area contributed by atoms with Gasteiger partial charge in [0, 0.05) is 10.8 Å². The van der Waals surface area contributed by atoms with Crippen LogP contribution in [0.25, 0.3) is 10.8 Å². The first-order chi connectivity index (χ1) is 8.08. The molecule has 0 saturated carbocycles. The molecule has 0 aromatic heterocycles. The van der Waals surface area contributed by atoms with Crippen LogP contribution in [0, 0.1) is 0 Å². The van der Waals surface area contributed by atoms with Crippen LogP contribution in [0.4, 0.5) is 0 Å². The third-order valence-electron chi connectivity index (χ3n) is 3.24. The van der Waals surface area contributed by atoms with Gasteiger partial charge in [-0.15, -0.1) is 0 Å². The lowest BCUT2D eigenvalue weighted by Crippen LogP contribution is -2.21. The lowest BCUT2D eigenvalue weighted by molar-refractivity contribution is 0.218. The van der Waals surface area contributed by atoms with Crippen LogP contribution in [-0.2, 0) is 5.41 Å². The maximum atomic E-state index is 9.41. The molecule has 0 saturated heterocycles. The van der Waals surface area contributed by atoms with Crippen molar-refractivity contribution in [3.63, 3.8) is 0 Å². The van der Waals surface area contributed by atoms with Crippen LogP contribution in [-0.4, -0.2) is 18.8 Å². The number of aliphatic hydroxyl groups is 1. The minimum absolute atomic E-state index is 0.133. The molecule has 0 amide bonds. The Kier molecular flexibility index (Phi) is 3.07. The molecule has 2 aromatic carbocycles. The monoisotopic (exact) mass is 230 g/mol. The Morgan fingerprint density at radius 3 is 2.59 bits per heavy atom. The van der Waals surface area contributed by atoms with E-state index in [9.17, 15) is 5.11 Å². The number of rotatable bonds is 3. The molecule has 2 heteroatoms. The standard InChI is InChI=1S/C15H18O2/c1-15(2,10-16)12-8-7-11-5-4-6-14(17-3)13(11)9-12/h4-9,16H,10H2,1-3H3. The van der Waals surface area contributed by atoms with Gasteiger partial charge in [0.15, 0.2) is 0 Å². The lowest BCUT2D eigenvalue weighted by Gasteiger charge is -2.23. The maximum absolute atomic E-state index is 9.41. The summed E-state index contributed by atoms with van der Waals surface area (Å²) in [4.78, 5) is 0. The molecular weight excluding hydrogens is 212 g/mol. The Labute approximate surface area is 102 Å². The molecule has 0 spiro atoms. The summed E-state index contributed by atoms with van der Waals surface area (Å²) in [5, 5.41) is 11.7. The summed E-state index contributed by atoms with van der Waals surface area (Å²) in [6.07, 6.45) is 0. The van der Waals surface area contributed by atoms with Gasteiger partial charge in [-0.25, -0.2) is 0 Å². The van der Waals surface area contributed by atoms with Gasteiger partial charge in [-0.05, 0) is 23.1 Å². The quantitative estimate of drug-likeness (QED) is 0.877. The molecule has 2 aromatic rings. The van der Waals surface area contributed by atoms with Crippen molar-refractivity contribution in [3.8, 4) is 5.75 Å². The average Bonchev–Trinajstić information content (AvgIpc) is 2.37. The number of hydrogen-bond acceptors (Lipinski definition) is 2. The fraction of sp³-hybridized carbons (Fsp3) is 0.333. The SMILES string of the molecule is COc1cccc2ccc(C(C)(C)CO)cc12. The van der Waals surface area contributed by atoms with E-state index in [1.165, 1.54) is 0 Å². The molecule has 0 fully saturated rings. The van der Waals surface area contributed by atoms with Crippen molar-refractivity contribution in [2.75, 3.05) is 13.7 Å². The van der Waals surface area contributed by atoms with Gasteiger partial charge in [0.2, 0.25) is 0 Å². The predicted molar refractivity (Wildman–Crippen MR) is 70.6 cm³/mol. The second-order valence-corrected chi connectivity index (χ2v) is 4.94. The van der Waals surface area contributed by atoms with Gasteiger partial charge in [0.1, 0.15) is 5.75 Å². The van der Waals surface area contributed by atoms with Gasteiger partial charge < -0.3 is 9.84 Å². The van der Waals surface area contributed by atoms with E-state index in [1.54, 1.807) is 7.11 Å².